The Morgan fingerprint density at radius 1 is 1.21 bits per heavy atom. The monoisotopic (exact) mass is 494 g/mol. The van der Waals surface area contributed by atoms with Crippen LogP contribution in [-0.2, 0) is 11.2 Å². The van der Waals surface area contributed by atoms with E-state index in [0.29, 0.717) is 44.6 Å². The van der Waals surface area contributed by atoms with Crippen LogP contribution >= 0.6 is 23.2 Å². The second-order valence-electron chi connectivity index (χ2n) is 7.76. The van der Waals surface area contributed by atoms with Gasteiger partial charge in [-0.2, -0.15) is 10.4 Å². The van der Waals surface area contributed by atoms with E-state index in [1.54, 1.807) is 24.3 Å². The standard InChI is InChI=1S/C25H20Cl2N4O3/c1-3-21(22(32)9-14-4-7-20-19(8-14)25(27)30-29-20)31-13-23(34-2)18(11-24(31)33)17-10-16(26)6-5-15(17)12-28/h4-8,10-11,13,21H,3,9H2,1-2H3,(H,29,30). The number of hydrogen-bond donors (Lipinski definition) is 1. The molecule has 0 aliphatic rings. The minimum absolute atomic E-state index is 0.124. The average Bonchev–Trinajstić information content (AvgIpc) is 3.20. The highest BCUT2D eigenvalue weighted by Crippen LogP contribution is 2.33. The molecule has 0 fully saturated rings. The van der Waals surface area contributed by atoms with Crippen molar-refractivity contribution in [3.8, 4) is 22.9 Å². The molecule has 0 spiro atoms. The minimum atomic E-state index is -0.694. The van der Waals surface area contributed by atoms with Gasteiger partial charge in [0.1, 0.15) is 10.9 Å². The van der Waals surface area contributed by atoms with Crippen LogP contribution in [0.5, 0.6) is 5.75 Å². The van der Waals surface area contributed by atoms with Crippen molar-refractivity contribution in [2.24, 2.45) is 0 Å². The summed E-state index contributed by atoms with van der Waals surface area (Å²) in [6.07, 6.45) is 2.05. The van der Waals surface area contributed by atoms with Gasteiger partial charge in [0.15, 0.2) is 5.78 Å². The van der Waals surface area contributed by atoms with Gasteiger partial charge in [0, 0.05) is 34.0 Å². The summed E-state index contributed by atoms with van der Waals surface area (Å²) in [5, 5.41) is 17.9. The van der Waals surface area contributed by atoms with Crippen LogP contribution in [0.25, 0.3) is 22.0 Å². The molecule has 4 rings (SSSR count). The van der Waals surface area contributed by atoms with E-state index in [1.807, 2.05) is 19.1 Å². The Hall–Kier alpha value is -3.60. The molecular weight excluding hydrogens is 475 g/mol. The Morgan fingerprint density at radius 3 is 2.71 bits per heavy atom. The third-order valence-electron chi connectivity index (χ3n) is 5.70. The maximum absolute atomic E-state index is 13.2. The van der Waals surface area contributed by atoms with Crippen molar-refractivity contribution >= 4 is 39.9 Å². The Kier molecular flexibility index (Phi) is 6.73. The summed E-state index contributed by atoms with van der Waals surface area (Å²) in [7, 11) is 1.47. The van der Waals surface area contributed by atoms with Crippen LogP contribution in [0.3, 0.4) is 0 Å². The maximum atomic E-state index is 13.2. The van der Waals surface area contributed by atoms with Gasteiger partial charge in [-0.1, -0.05) is 36.2 Å². The van der Waals surface area contributed by atoms with Crippen molar-refractivity contribution in [3.63, 3.8) is 0 Å². The number of aromatic amines is 1. The summed E-state index contributed by atoms with van der Waals surface area (Å²) in [5.41, 5.74) is 2.38. The van der Waals surface area contributed by atoms with Crippen LogP contribution in [0.15, 0.2) is 53.5 Å². The number of ether oxygens (including phenoxy) is 1. The Balaban J connectivity index is 1.71. The van der Waals surface area contributed by atoms with E-state index >= 15 is 0 Å². The molecule has 0 aliphatic carbocycles. The number of H-pyrrole nitrogens is 1. The van der Waals surface area contributed by atoms with Crippen molar-refractivity contribution in [2.45, 2.75) is 25.8 Å². The van der Waals surface area contributed by atoms with Crippen LogP contribution in [0.1, 0.15) is 30.5 Å². The summed E-state index contributed by atoms with van der Waals surface area (Å²) in [6.45, 7) is 1.84. The lowest BCUT2D eigenvalue weighted by Gasteiger charge is -2.20. The summed E-state index contributed by atoms with van der Waals surface area (Å²) in [4.78, 5) is 26.4. The summed E-state index contributed by atoms with van der Waals surface area (Å²) in [5.74, 6) is 0.232. The lowest BCUT2D eigenvalue weighted by molar-refractivity contribution is -0.121. The second kappa shape index (κ2) is 9.72. The van der Waals surface area contributed by atoms with Gasteiger partial charge in [-0.3, -0.25) is 14.7 Å². The molecule has 2 aromatic heterocycles. The molecule has 1 unspecified atom stereocenters. The molecule has 1 atom stereocenters. The first-order valence-electron chi connectivity index (χ1n) is 10.5. The van der Waals surface area contributed by atoms with Crippen molar-refractivity contribution in [2.75, 3.05) is 7.11 Å². The molecule has 0 saturated carbocycles. The third kappa shape index (κ3) is 4.43. The zero-order valence-electron chi connectivity index (χ0n) is 18.4. The number of ketones is 1. The van der Waals surface area contributed by atoms with Gasteiger partial charge in [-0.25, -0.2) is 0 Å². The van der Waals surface area contributed by atoms with Crippen LogP contribution in [0.4, 0.5) is 0 Å². The maximum Gasteiger partial charge on any atom is 0.252 e. The summed E-state index contributed by atoms with van der Waals surface area (Å²) < 4.78 is 6.91. The number of carbonyl (C=O) groups excluding carboxylic acids is 1. The number of carbonyl (C=O) groups is 1. The summed E-state index contributed by atoms with van der Waals surface area (Å²) in [6, 6.07) is 13.0. The van der Waals surface area contributed by atoms with E-state index in [1.165, 1.54) is 23.9 Å². The Morgan fingerprint density at radius 2 is 2.00 bits per heavy atom. The van der Waals surface area contributed by atoms with Gasteiger partial charge in [-0.05, 0) is 42.3 Å². The zero-order valence-corrected chi connectivity index (χ0v) is 19.9. The number of nitrogens with zero attached hydrogens (tertiary/aromatic N) is 3. The normalized spacial score (nSPS) is 11.9. The predicted octanol–water partition coefficient (Wildman–Crippen LogP) is 5.34. The van der Waals surface area contributed by atoms with Gasteiger partial charge in [0.05, 0.1) is 36.5 Å². The van der Waals surface area contributed by atoms with Crippen LogP contribution in [0.2, 0.25) is 10.2 Å². The number of Topliss-reactive ketones (excluding diaryl/α,β-unsaturated/α-hetero) is 1. The number of aromatic nitrogens is 3. The quantitative estimate of drug-likeness (QED) is 0.373. The first-order valence-corrected chi connectivity index (χ1v) is 11.3. The number of nitriles is 1. The fraction of sp³-hybridized carbons (Fsp3) is 0.200. The smallest absolute Gasteiger partial charge is 0.252 e. The van der Waals surface area contributed by atoms with Crippen molar-refractivity contribution in [3.05, 3.63) is 80.3 Å². The molecule has 0 bridgehead atoms. The molecule has 1 N–H and O–H groups in total. The van der Waals surface area contributed by atoms with Crippen LogP contribution < -0.4 is 10.3 Å². The Labute approximate surface area is 205 Å². The number of methoxy groups -OCH3 is 1. The molecule has 34 heavy (non-hydrogen) atoms. The molecule has 0 radical (unpaired) electrons. The highest BCUT2D eigenvalue weighted by molar-refractivity contribution is 6.34. The first-order chi connectivity index (χ1) is 16.4. The average molecular weight is 495 g/mol. The van der Waals surface area contributed by atoms with E-state index in [4.69, 9.17) is 27.9 Å². The molecule has 4 aromatic rings. The van der Waals surface area contributed by atoms with E-state index in [9.17, 15) is 14.9 Å². The van der Waals surface area contributed by atoms with E-state index in [0.717, 1.165) is 10.9 Å². The summed E-state index contributed by atoms with van der Waals surface area (Å²) >= 11 is 12.3. The number of nitrogens with one attached hydrogen (secondary N) is 1. The molecule has 9 heteroatoms. The first kappa shape index (κ1) is 23.6. The Bertz CT molecular complexity index is 1500. The van der Waals surface area contributed by atoms with Gasteiger partial charge in [0.2, 0.25) is 0 Å². The number of fused-ring (bicyclic) bond motifs is 1. The largest absolute Gasteiger partial charge is 0.495 e. The lowest BCUT2D eigenvalue weighted by Crippen LogP contribution is -2.30. The van der Waals surface area contributed by atoms with E-state index in [-0.39, 0.29) is 17.8 Å². The lowest BCUT2D eigenvalue weighted by atomic mass is 9.98. The van der Waals surface area contributed by atoms with Crippen LogP contribution in [-0.4, -0.2) is 27.7 Å². The fourth-order valence-corrected chi connectivity index (χ4v) is 4.38. The van der Waals surface area contributed by atoms with Crippen molar-refractivity contribution in [1.29, 1.82) is 5.26 Å². The van der Waals surface area contributed by atoms with E-state index in [2.05, 4.69) is 16.3 Å². The van der Waals surface area contributed by atoms with Crippen molar-refractivity contribution < 1.29 is 9.53 Å². The van der Waals surface area contributed by atoms with Crippen molar-refractivity contribution in [1.82, 2.24) is 14.8 Å². The fourth-order valence-electron chi connectivity index (χ4n) is 4.02. The highest BCUT2D eigenvalue weighted by atomic mass is 35.5. The molecular formula is C25H20Cl2N4O3. The molecule has 2 aromatic carbocycles. The van der Waals surface area contributed by atoms with Gasteiger partial charge in [-0.15, -0.1) is 0 Å². The minimum Gasteiger partial charge on any atom is -0.495 e. The predicted molar refractivity (Wildman–Crippen MR) is 132 cm³/mol. The molecule has 7 nitrogen and oxygen atoms in total. The number of pyridine rings is 1. The molecule has 0 amide bonds. The van der Waals surface area contributed by atoms with Gasteiger partial charge >= 0.3 is 0 Å². The number of rotatable bonds is 7. The zero-order chi connectivity index (χ0) is 24.4. The molecule has 2 heterocycles. The van der Waals surface area contributed by atoms with Gasteiger partial charge < -0.3 is 9.30 Å². The van der Waals surface area contributed by atoms with Crippen LogP contribution in [0, 0.1) is 11.3 Å². The number of halogens is 2. The molecule has 0 aliphatic heterocycles. The number of hydrogen-bond acceptors (Lipinski definition) is 5. The second-order valence-corrected chi connectivity index (χ2v) is 8.57. The topological polar surface area (TPSA) is 101 Å². The van der Waals surface area contributed by atoms with Gasteiger partial charge in [0.25, 0.3) is 5.56 Å². The molecule has 172 valence electrons. The van der Waals surface area contributed by atoms with E-state index < -0.39 is 6.04 Å². The molecule has 0 saturated heterocycles. The SMILES string of the molecule is CCC(C(=O)Cc1ccc2n[nH]c(Cl)c2c1)n1cc(OC)c(-c2cc(Cl)ccc2C#N)cc1=O. The number of benzene rings is 2. The highest BCUT2D eigenvalue weighted by Gasteiger charge is 2.23. The third-order valence-corrected chi connectivity index (χ3v) is 6.22.